The van der Waals surface area contributed by atoms with E-state index in [9.17, 15) is 0 Å². The fourth-order valence-corrected chi connectivity index (χ4v) is 3.69. The zero-order chi connectivity index (χ0) is 15.4. The van der Waals surface area contributed by atoms with Gasteiger partial charge >= 0.3 is 0 Å². The van der Waals surface area contributed by atoms with Crippen LogP contribution in [0.2, 0.25) is 5.02 Å². The third kappa shape index (κ3) is 3.92. The van der Waals surface area contributed by atoms with Crippen LogP contribution in [0.4, 0.5) is 0 Å². The Morgan fingerprint density at radius 2 is 1.81 bits per heavy atom. The maximum atomic E-state index is 6.37. The number of nitrogens with two attached hydrogens (primary N) is 1. The summed E-state index contributed by atoms with van der Waals surface area (Å²) in [6, 6.07) is 7.32. The maximum absolute atomic E-state index is 6.37. The molecule has 1 atom stereocenters. The molecule has 1 aromatic carbocycles. The molecule has 0 aliphatic rings. The molecule has 0 bridgehead atoms. The van der Waals surface area contributed by atoms with Gasteiger partial charge in [-0.2, -0.15) is 0 Å². The zero-order valence-corrected chi connectivity index (χ0v) is 15.0. The highest BCUT2D eigenvalue weighted by atomic mass is 79.9. The predicted octanol–water partition coefficient (Wildman–Crippen LogP) is 5.01. The minimum atomic E-state index is -0.288. The minimum absolute atomic E-state index is 0.288. The Hall–Kier alpha value is -0.750. The quantitative estimate of drug-likeness (QED) is 0.754. The van der Waals surface area contributed by atoms with E-state index in [0.717, 1.165) is 14.2 Å². The third-order valence-electron chi connectivity index (χ3n) is 2.90. The largest absolute Gasteiger partial charge is 0.490 e. The standard InChI is InChI=1S/C15H17BrClNO2S/c1-3-19-11-7-9(10(17)8-12(11)20-4-2)15(18)13-5-6-14(16)21-13/h5-8,15H,3-4,18H2,1-2H3. The molecule has 0 aliphatic carbocycles. The summed E-state index contributed by atoms with van der Waals surface area (Å²) in [5, 5.41) is 0.582. The first-order chi connectivity index (χ1) is 10.1. The van der Waals surface area contributed by atoms with Crippen molar-refractivity contribution in [1.82, 2.24) is 0 Å². The van der Waals surface area contributed by atoms with Gasteiger partial charge in [0.15, 0.2) is 11.5 Å². The Morgan fingerprint density at radius 3 is 2.33 bits per heavy atom. The Kier molecular flexibility index (Phi) is 5.93. The second-order valence-electron chi connectivity index (χ2n) is 4.31. The van der Waals surface area contributed by atoms with E-state index in [1.54, 1.807) is 17.4 Å². The molecule has 1 heterocycles. The van der Waals surface area contributed by atoms with Gasteiger partial charge in [-0.3, -0.25) is 0 Å². The lowest BCUT2D eigenvalue weighted by Gasteiger charge is -2.17. The van der Waals surface area contributed by atoms with Crippen molar-refractivity contribution in [2.24, 2.45) is 5.73 Å². The Labute approximate surface area is 142 Å². The molecule has 0 amide bonds. The second kappa shape index (κ2) is 7.49. The fraction of sp³-hybridized carbons (Fsp3) is 0.333. The maximum Gasteiger partial charge on any atom is 0.162 e. The lowest BCUT2D eigenvalue weighted by atomic mass is 10.1. The molecule has 2 aromatic rings. The average molecular weight is 391 g/mol. The molecular formula is C15H17BrClNO2S. The number of benzene rings is 1. The monoisotopic (exact) mass is 389 g/mol. The van der Waals surface area contributed by atoms with Gasteiger partial charge in [0.1, 0.15) is 0 Å². The van der Waals surface area contributed by atoms with Crippen LogP contribution >= 0.6 is 38.9 Å². The molecule has 3 nitrogen and oxygen atoms in total. The summed E-state index contributed by atoms with van der Waals surface area (Å²) in [5.41, 5.74) is 7.16. The first kappa shape index (κ1) is 16.6. The van der Waals surface area contributed by atoms with Gasteiger partial charge in [-0.15, -0.1) is 11.3 Å². The van der Waals surface area contributed by atoms with E-state index in [1.807, 2.05) is 32.0 Å². The van der Waals surface area contributed by atoms with Gasteiger partial charge < -0.3 is 15.2 Å². The summed E-state index contributed by atoms with van der Waals surface area (Å²) < 4.78 is 12.2. The van der Waals surface area contributed by atoms with Crippen LogP contribution in [0.25, 0.3) is 0 Å². The lowest BCUT2D eigenvalue weighted by Crippen LogP contribution is -2.11. The van der Waals surface area contributed by atoms with Crippen LogP contribution in [0.15, 0.2) is 28.1 Å². The second-order valence-corrected chi connectivity index (χ2v) is 7.21. The highest BCUT2D eigenvalue weighted by Gasteiger charge is 2.18. The topological polar surface area (TPSA) is 44.5 Å². The smallest absolute Gasteiger partial charge is 0.162 e. The number of hydrogen-bond acceptors (Lipinski definition) is 4. The molecule has 0 saturated heterocycles. The highest BCUT2D eigenvalue weighted by molar-refractivity contribution is 9.11. The van der Waals surface area contributed by atoms with Crippen molar-refractivity contribution >= 4 is 38.9 Å². The molecule has 1 aromatic heterocycles. The summed E-state index contributed by atoms with van der Waals surface area (Å²) in [7, 11) is 0. The van der Waals surface area contributed by atoms with Gasteiger partial charge in [0.2, 0.25) is 0 Å². The van der Waals surface area contributed by atoms with Crippen LogP contribution in [-0.4, -0.2) is 13.2 Å². The third-order valence-corrected chi connectivity index (χ3v) is 4.93. The van der Waals surface area contributed by atoms with Crippen LogP contribution in [-0.2, 0) is 0 Å². The van der Waals surface area contributed by atoms with Crippen molar-refractivity contribution in [2.45, 2.75) is 19.9 Å². The molecule has 2 rings (SSSR count). The van der Waals surface area contributed by atoms with Crippen LogP contribution < -0.4 is 15.2 Å². The Bertz CT molecular complexity index is 618. The Morgan fingerprint density at radius 1 is 1.19 bits per heavy atom. The van der Waals surface area contributed by atoms with Crippen LogP contribution in [0, 0.1) is 0 Å². The van der Waals surface area contributed by atoms with Crippen molar-refractivity contribution in [1.29, 1.82) is 0 Å². The first-order valence-electron chi connectivity index (χ1n) is 6.66. The van der Waals surface area contributed by atoms with Crippen molar-refractivity contribution in [3.8, 4) is 11.5 Å². The van der Waals surface area contributed by atoms with Gasteiger partial charge in [0.05, 0.1) is 23.0 Å². The Balaban J connectivity index is 2.40. The van der Waals surface area contributed by atoms with E-state index < -0.39 is 0 Å². The molecule has 0 saturated carbocycles. The van der Waals surface area contributed by atoms with E-state index in [2.05, 4.69) is 15.9 Å². The highest BCUT2D eigenvalue weighted by Crippen LogP contribution is 2.39. The molecular weight excluding hydrogens is 374 g/mol. The van der Waals surface area contributed by atoms with E-state index in [1.165, 1.54) is 0 Å². The van der Waals surface area contributed by atoms with E-state index in [4.69, 9.17) is 26.8 Å². The molecule has 0 aliphatic heterocycles. The first-order valence-corrected chi connectivity index (χ1v) is 8.65. The predicted molar refractivity (Wildman–Crippen MR) is 91.8 cm³/mol. The SMILES string of the molecule is CCOc1cc(Cl)c(C(N)c2ccc(Br)s2)cc1OCC. The summed E-state index contributed by atoms with van der Waals surface area (Å²) in [5.74, 6) is 1.32. The molecule has 1 unspecified atom stereocenters. The summed E-state index contributed by atoms with van der Waals surface area (Å²) >= 11 is 11.4. The molecule has 114 valence electrons. The van der Waals surface area contributed by atoms with Gasteiger partial charge in [-0.25, -0.2) is 0 Å². The van der Waals surface area contributed by atoms with E-state index >= 15 is 0 Å². The molecule has 6 heteroatoms. The minimum Gasteiger partial charge on any atom is -0.490 e. The molecule has 0 spiro atoms. The van der Waals surface area contributed by atoms with E-state index in [-0.39, 0.29) is 6.04 Å². The summed E-state index contributed by atoms with van der Waals surface area (Å²) in [6.07, 6.45) is 0. The zero-order valence-electron chi connectivity index (χ0n) is 11.9. The molecule has 2 N–H and O–H groups in total. The van der Waals surface area contributed by atoms with Gasteiger partial charge in [-0.1, -0.05) is 11.6 Å². The van der Waals surface area contributed by atoms with Crippen molar-refractivity contribution in [2.75, 3.05) is 13.2 Å². The summed E-state index contributed by atoms with van der Waals surface area (Å²) in [6.45, 7) is 4.97. The van der Waals surface area contributed by atoms with Gasteiger partial charge in [0, 0.05) is 16.0 Å². The number of thiophene rings is 1. The van der Waals surface area contributed by atoms with Gasteiger partial charge in [-0.05, 0) is 53.5 Å². The molecule has 0 radical (unpaired) electrons. The number of hydrogen-bond donors (Lipinski definition) is 1. The van der Waals surface area contributed by atoms with Crippen molar-refractivity contribution in [3.05, 3.63) is 43.5 Å². The average Bonchev–Trinajstić information content (AvgIpc) is 2.88. The molecule has 21 heavy (non-hydrogen) atoms. The summed E-state index contributed by atoms with van der Waals surface area (Å²) in [4.78, 5) is 1.04. The number of rotatable bonds is 6. The number of halogens is 2. The van der Waals surface area contributed by atoms with Crippen LogP contribution in [0.5, 0.6) is 11.5 Å². The van der Waals surface area contributed by atoms with Crippen molar-refractivity contribution in [3.63, 3.8) is 0 Å². The lowest BCUT2D eigenvalue weighted by molar-refractivity contribution is 0.287. The van der Waals surface area contributed by atoms with Crippen molar-refractivity contribution < 1.29 is 9.47 Å². The number of ether oxygens (including phenoxy) is 2. The van der Waals surface area contributed by atoms with E-state index in [0.29, 0.717) is 29.7 Å². The van der Waals surface area contributed by atoms with Gasteiger partial charge in [0.25, 0.3) is 0 Å². The van der Waals surface area contributed by atoms with Crippen LogP contribution in [0.1, 0.15) is 30.3 Å². The normalized spacial score (nSPS) is 12.2. The molecule has 0 fully saturated rings. The fourth-order valence-electron chi connectivity index (χ4n) is 1.97. The van der Waals surface area contributed by atoms with Crippen LogP contribution in [0.3, 0.4) is 0 Å².